The van der Waals surface area contributed by atoms with E-state index in [0.717, 1.165) is 70.1 Å². The molecular formula is C48H64N4O6. The standard InChI is InChI=1S/C48H64N4O6/c1-10-33-31(7)36-21-23-49-37(19-14-20-42(54)58-24-22-30(6)18-13-17-29(5)16-12-15-28(3)4)44-45(48(56)57-9)47(55)43-32(8)38(52-46(43)44)25-40-34(11-2)35(27-53)41(51-40)26-39(33)50-36/h10,21-23,25-29,37,45,49-53H,1,11-20,24H2,2-9H3/b23-21-,30-22+,35-27-,38-25-,41-26-/t29-,37?,45-/m1/s1. The van der Waals surface area contributed by atoms with Crippen LogP contribution in [-0.2, 0) is 25.5 Å². The summed E-state index contributed by atoms with van der Waals surface area (Å²) in [5.41, 5.74) is 8.21. The third kappa shape index (κ3) is 9.88. The monoisotopic (exact) mass is 792 g/mol. The average molecular weight is 793 g/mol. The van der Waals surface area contributed by atoms with E-state index in [1.54, 1.807) is 6.08 Å². The number of esters is 2. The molecule has 0 saturated carbocycles. The van der Waals surface area contributed by atoms with Gasteiger partial charge in [0.2, 0.25) is 0 Å². The molecule has 0 radical (unpaired) electrons. The van der Waals surface area contributed by atoms with Crippen LogP contribution in [0.2, 0.25) is 0 Å². The Morgan fingerprint density at radius 1 is 0.948 bits per heavy atom. The Bertz CT molecular complexity index is 2310. The summed E-state index contributed by atoms with van der Waals surface area (Å²) in [7, 11) is 1.29. The average Bonchev–Trinajstić information content (AvgIpc) is 3.88. The van der Waals surface area contributed by atoms with Crippen molar-refractivity contribution in [3.63, 3.8) is 0 Å². The largest absolute Gasteiger partial charge is 0.515 e. The van der Waals surface area contributed by atoms with Gasteiger partial charge < -0.3 is 34.8 Å². The summed E-state index contributed by atoms with van der Waals surface area (Å²) in [5.74, 6) is -0.925. The fourth-order valence-electron chi connectivity index (χ4n) is 8.51. The highest BCUT2D eigenvalue weighted by atomic mass is 16.5. The van der Waals surface area contributed by atoms with E-state index in [1.807, 2.05) is 51.3 Å². The number of H-pyrrole nitrogens is 3. The van der Waals surface area contributed by atoms with E-state index in [1.165, 1.54) is 38.4 Å². The first-order valence-corrected chi connectivity index (χ1v) is 21.0. The highest BCUT2D eigenvalue weighted by molar-refractivity contribution is 6.19. The quantitative estimate of drug-likeness (QED) is 0.0573. The molecule has 0 amide bonds. The zero-order valence-corrected chi connectivity index (χ0v) is 35.8. The first-order chi connectivity index (χ1) is 27.8. The number of carbonyl (C=O) groups is 3. The van der Waals surface area contributed by atoms with E-state index in [4.69, 9.17) is 9.47 Å². The first-order valence-electron chi connectivity index (χ1n) is 21.0. The minimum atomic E-state index is -1.15. The van der Waals surface area contributed by atoms with Crippen molar-refractivity contribution >= 4 is 53.9 Å². The van der Waals surface area contributed by atoms with Crippen molar-refractivity contribution in [3.8, 4) is 0 Å². The van der Waals surface area contributed by atoms with Gasteiger partial charge in [0.1, 0.15) is 12.5 Å². The summed E-state index contributed by atoms with van der Waals surface area (Å²) in [5, 5.41) is 16.6. The van der Waals surface area contributed by atoms with Crippen LogP contribution in [0.15, 0.2) is 24.4 Å². The number of hydrogen-bond acceptors (Lipinski definition) is 7. The van der Waals surface area contributed by atoms with Gasteiger partial charge in [-0.2, -0.15) is 0 Å². The number of fused-ring (bicyclic) bond motifs is 5. The molecule has 5 rings (SSSR count). The Hall–Kier alpha value is -5.25. The van der Waals surface area contributed by atoms with Crippen LogP contribution in [-0.4, -0.2) is 57.5 Å². The third-order valence-corrected chi connectivity index (χ3v) is 11.9. The van der Waals surface area contributed by atoms with Crippen molar-refractivity contribution in [1.29, 1.82) is 0 Å². The molecule has 58 heavy (non-hydrogen) atoms. The van der Waals surface area contributed by atoms with Crippen LogP contribution in [0.5, 0.6) is 0 Å². The summed E-state index contributed by atoms with van der Waals surface area (Å²) < 4.78 is 10.8. The number of methoxy groups -OCH3 is 1. The normalized spacial score (nSPS) is 19.0. The second kappa shape index (κ2) is 19.9. The van der Waals surface area contributed by atoms with Gasteiger partial charge in [-0.05, 0) is 117 Å². The van der Waals surface area contributed by atoms with Gasteiger partial charge >= 0.3 is 11.9 Å². The summed E-state index contributed by atoms with van der Waals surface area (Å²) in [6.45, 7) is 19.2. The first kappa shape index (κ1) is 43.9. The number of aliphatic hydroxyl groups excluding tert-OH is 1. The Morgan fingerprint density at radius 3 is 2.38 bits per heavy atom. The number of aromatic nitrogens is 3. The van der Waals surface area contributed by atoms with Crippen LogP contribution in [0.3, 0.4) is 0 Å². The van der Waals surface area contributed by atoms with E-state index in [2.05, 4.69) is 54.5 Å². The fourth-order valence-corrected chi connectivity index (χ4v) is 8.51. The van der Waals surface area contributed by atoms with Crippen LogP contribution in [0, 0.1) is 31.6 Å². The molecule has 3 aromatic heterocycles. The van der Waals surface area contributed by atoms with Gasteiger partial charge in [-0.3, -0.25) is 14.4 Å². The molecule has 10 heteroatoms. The molecule has 1 aliphatic heterocycles. The second-order valence-corrected chi connectivity index (χ2v) is 16.5. The van der Waals surface area contributed by atoms with Gasteiger partial charge in [0.25, 0.3) is 0 Å². The van der Waals surface area contributed by atoms with Gasteiger partial charge in [-0.15, -0.1) is 0 Å². The highest BCUT2D eigenvalue weighted by Crippen LogP contribution is 2.30. The molecule has 2 aliphatic rings. The molecule has 10 nitrogen and oxygen atoms in total. The van der Waals surface area contributed by atoms with Crippen LogP contribution in [0.4, 0.5) is 0 Å². The van der Waals surface area contributed by atoms with Crippen molar-refractivity contribution < 1.29 is 29.0 Å². The number of ketones is 1. The molecule has 0 spiro atoms. The van der Waals surface area contributed by atoms with E-state index >= 15 is 0 Å². The lowest BCUT2D eigenvalue weighted by Gasteiger charge is -2.23. The van der Waals surface area contributed by atoms with Crippen molar-refractivity contribution in [2.75, 3.05) is 13.7 Å². The van der Waals surface area contributed by atoms with Gasteiger partial charge in [-0.1, -0.05) is 71.6 Å². The predicted octanol–water partition coefficient (Wildman–Crippen LogP) is 6.82. The molecule has 3 aromatic rings. The molecular weight excluding hydrogens is 729 g/mol. The number of Topliss-reactive ketones (excluding diaryl/α,β-unsaturated/α-hetero) is 1. The van der Waals surface area contributed by atoms with Gasteiger partial charge in [0.05, 0.1) is 30.1 Å². The van der Waals surface area contributed by atoms with Crippen LogP contribution < -0.4 is 26.6 Å². The van der Waals surface area contributed by atoms with Gasteiger partial charge in [-0.25, -0.2) is 0 Å². The maximum absolute atomic E-state index is 14.2. The topological polar surface area (TPSA) is 149 Å². The number of aromatic amines is 3. The molecule has 3 atom stereocenters. The molecule has 312 valence electrons. The number of carbonyl (C=O) groups excluding carboxylic acids is 3. The van der Waals surface area contributed by atoms with Crippen molar-refractivity contribution in [2.24, 2.45) is 17.8 Å². The predicted molar refractivity (Wildman–Crippen MR) is 234 cm³/mol. The zero-order valence-electron chi connectivity index (χ0n) is 35.8. The van der Waals surface area contributed by atoms with Gasteiger partial charge in [0.15, 0.2) is 5.78 Å². The summed E-state index contributed by atoms with van der Waals surface area (Å²) in [6, 6.07) is -0.508. The minimum Gasteiger partial charge on any atom is -0.515 e. The minimum absolute atomic E-state index is 0.180. The van der Waals surface area contributed by atoms with Crippen LogP contribution >= 0.6 is 0 Å². The molecule has 0 saturated heterocycles. The molecule has 5 N–H and O–H groups in total. The van der Waals surface area contributed by atoms with E-state index < -0.39 is 17.9 Å². The van der Waals surface area contributed by atoms with Crippen LogP contribution in [0.25, 0.3) is 36.1 Å². The molecule has 0 aromatic carbocycles. The lowest BCUT2D eigenvalue weighted by atomic mass is 9.90. The van der Waals surface area contributed by atoms with Gasteiger partial charge in [0, 0.05) is 45.2 Å². The Labute approximate surface area is 343 Å². The third-order valence-electron chi connectivity index (χ3n) is 11.9. The lowest BCUT2D eigenvalue weighted by Crippen LogP contribution is -2.36. The van der Waals surface area contributed by atoms with E-state index in [9.17, 15) is 19.5 Å². The Balaban J connectivity index is 1.42. The number of aliphatic hydroxyl groups is 1. The van der Waals surface area contributed by atoms with E-state index in [0.29, 0.717) is 51.9 Å². The SMILES string of the molecule is C=Cc1c2[nH]c(c1C)/C=C\NC(CCCC(=O)OC/C=C(\C)CCC[C@H](C)CCCC(C)C)C1=c3[nH]/c(c(C)c3C(=O)[C@@H]1C(=O)OC)=C\c1[nH]c(/c(=C\O)c1CC)=C\2. The number of hydrogen-bond donors (Lipinski definition) is 5. The summed E-state index contributed by atoms with van der Waals surface area (Å²) in [6.07, 6.45) is 21.5. The van der Waals surface area contributed by atoms with Crippen molar-refractivity contribution in [3.05, 3.63) is 90.6 Å². The number of rotatable bonds is 17. The summed E-state index contributed by atoms with van der Waals surface area (Å²) >= 11 is 0. The highest BCUT2D eigenvalue weighted by Gasteiger charge is 2.43. The molecule has 1 unspecified atom stereocenters. The van der Waals surface area contributed by atoms with Crippen LogP contribution in [0.1, 0.15) is 142 Å². The second-order valence-electron chi connectivity index (χ2n) is 16.5. The number of ether oxygens (including phenoxy) is 2. The zero-order chi connectivity index (χ0) is 42.1. The lowest BCUT2D eigenvalue weighted by molar-refractivity contribution is -0.143. The number of nitrogens with one attached hydrogen (secondary N) is 4. The maximum atomic E-state index is 14.2. The molecule has 4 heterocycles. The molecule has 0 fully saturated rings. The Morgan fingerprint density at radius 2 is 1.69 bits per heavy atom. The molecule has 6 bridgehead atoms. The van der Waals surface area contributed by atoms with Crippen molar-refractivity contribution in [1.82, 2.24) is 20.3 Å². The van der Waals surface area contributed by atoms with Crippen molar-refractivity contribution in [2.45, 2.75) is 119 Å². The smallest absolute Gasteiger partial charge is 0.320 e. The van der Waals surface area contributed by atoms with E-state index in [-0.39, 0.29) is 24.8 Å². The maximum Gasteiger partial charge on any atom is 0.320 e. The molecule has 1 aliphatic carbocycles. The fraction of sp³-hybridized carbons (Fsp3) is 0.479. The Kier molecular flexibility index (Phi) is 15.1. The summed E-state index contributed by atoms with van der Waals surface area (Å²) in [4.78, 5) is 51.0. The number of allylic oxidation sites excluding steroid dienone is 1.